The number of carboxylic acids is 2. The van der Waals surface area contributed by atoms with Gasteiger partial charge in [-0.25, -0.2) is 9.78 Å². The average Bonchev–Trinajstić information content (AvgIpc) is 3.32. The molecule has 0 aliphatic rings. The number of fused-ring (bicyclic) bond motifs is 1. The van der Waals surface area contributed by atoms with E-state index in [0.717, 1.165) is 22.9 Å². The predicted molar refractivity (Wildman–Crippen MR) is 108 cm³/mol. The van der Waals surface area contributed by atoms with Crippen LogP contribution in [0.5, 0.6) is 0 Å². The Balaban J connectivity index is 1.82. The lowest BCUT2D eigenvalue weighted by Crippen LogP contribution is -2.41. The van der Waals surface area contributed by atoms with Crippen LogP contribution in [0.2, 0.25) is 0 Å². The number of sulfonamides is 1. The van der Waals surface area contributed by atoms with Crippen LogP contribution in [0.15, 0.2) is 34.9 Å². The molecular formula is C16H14N4O7S3. The van der Waals surface area contributed by atoms with Crippen LogP contribution in [-0.4, -0.2) is 51.9 Å². The molecule has 11 nitrogen and oxygen atoms in total. The lowest BCUT2D eigenvalue weighted by atomic mass is 10.1. The van der Waals surface area contributed by atoms with E-state index in [4.69, 9.17) is 5.11 Å². The van der Waals surface area contributed by atoms with Crippen LogP contribution in [0, 0.1) is 0 Å². The quantitative estimate of drug-likeness (QED) is 0.362. The van der Waals surface area contributed by atoms with E-state index in [9.17, 15) is 27.9 Å². The van der Waals surface area contributed by atoms with E-state index in [2.05, 4.69) is 19.4 Å². The van der Waals surface area contributed by atoms with Crippen molar-refractivity contribution in [2.45, 2.75) is 23.9 Å². The molecule has 0 aromatic carbocycles. The van der Waals surface area contributed by atoms with Crippen LogP contribution in [0.1, 0.15) is 22.5 Å². The minimum absolute atomic E-state index is 0.0538. The van der Waals surface area contributed by atoms with Crippen molar-refractivity contribution in [2.75, 3.05) is 4.72 Å². The molecule has 3 aromatic heterocycles. The van der Waals surface area contributed by atoms with Crippen molar-refractivity contribution in [3.05, 3.63) is 34.8 Å². The number of aromatic nitrogens is 2. The Morgan fingerprint density at radius 2 is 1.97 bits per heavy atom. The SMILES string of the molecule is O=C(O)CC[C@H](NC(=O)c1sccc1NS(=O)(=O)c1nccc2sncc12)C(=O)O. The van der Waals surface area contributed by atoms with Gasteiger partial charge >= 0.3 is 11.9 Å². The molecule has 0 fully saturated rings. The van der Waals surface area contributed by atoms with Crippen LogP contribution < -0.4 is 10.0 Å². The van der Waals surface area contributed by atoms with Gasteiger partial charge in [-0.1, -0.05) is 0 Å². The summed E-state index contributed by atoms with van der Waals surface area (Å²) in [6.07, 6.45) is 1.93. The fourth-order valence-electron chi connectivity index (χ4n) is 2.49. The third-order valence-electron chi connectivity index (χ3n) is 3.87. The molecule has 158 valence electrons. The molecule has 3 aromatic rings. The van der Waals surface area contributed by atoms with Crippen molar-refractivity contribution in [3.8, 4) is 0 Å². The number of carbonyl (C=O) groups excluding carboxylic acids is 1. The zero-order valence-corrected chi connectivity index (χ0v) is 17.4. The maximum absolute atomic E-state index is 12.8. The summed E-state index contributed by atoms with van der Waals surface area (Å²) in [5.41, 5.74) is -0.0538. The van der Waals surface area contributed by atoms with E-state index in [1.807, 2.05) is 0 Å². The Hall–Kier alpha value is -3.10. The first-order valence-electron chi connectivity index (χ1n) is 8.24. The third-order valence-corrected chi connectivity index (χ3v) is 6.87. The summed E-state index contributed by atoms with van der Waals surface area (Å²) in [4.78, 5) is 38.3. The van der Waals surface area contributed by atoms with Crippen molar-refractivity contribution in [1.29, 1.82) is 0 Å². The monoisotopic (exact) mass is 470 g/mol. The van der Waals surface area contributed by atoms with E-state index in [1.54, 1.807) is 6.07 Å². The molecule has 1 amide bonds. The maximum atomic E-state index is 12.8. The van der Waals surface area contributed by atoms with Gasteiger partial charge in [0.1, 0.15) is 10.9 Å². The van der Waals surface area contributed by atoms with Gasteiger partial charge in [0.2, 0.25) is 0 Å². The topological polar surface area (TPSA) is 176 Å². The zero-order chi connectivity index (χ0) is 21.9. The molecule has 0 unspecified atom stereocenters. The number of pyridine rings is 1. The number of aliphatic carboxylic acids is 2. The minimum Gasteiger partial charge on any atom is -0.481 e. The number of thiophene rings is 1. The predicted octanol–water partition coefficient (Wildman–Crippen LogP) is 1.60. The summed E-state index contributed by atoms with van der Waals surface area (Å²) in [5, 5.41) is 21.6. The Morgan fingerprint density at radius 3 is 2.67 bits per heavy atom. The molecule has 0 saturated heterocycles. The van der Waals surface area contributed by atoms with E-state index >= 15 is 0 Å². The molecule has 4 N–H and O–H groups in total. The Kier molecular flexibility index (Phi) is 6.28. The Labute approximate surface area is 177 Å². The summed E-state index contributed by atoms with van der Waals surface area (Å²) in [5.74, 6) is -3.45. The second-order valence-electron chi connectivity index (χ2n) is 5.92. The number of nitrogens with one attached hydrogen (secondary N) is 2. The first-order valence-corrected chi connectivity index (χ1v) is 11.4. The van der Waals surface area contributed by atoms with Crippen LogP contribution in [0.4, 0.5) is 5.69 Å². The first kappa shape index (κ1) is 21.6. The number of carbonyl (C=O) groups is 3. The average molecular weight is 471 g/mol. The van der Waals surface area contributed by atoms with Crippen molar-refractivity contribution >= 4 is 66.5 Å². The molecule has 0 spiro atoms. The Bertz CT molecular complexity index is 1220. The van der Waals surface area contributed by atoms with Crippen LogP contribution in [0.3, 0.4) is 0 Å². The molecule has 1 atom stereocenters. The number of amides is 1. The van der Waals surface area contributed by atoms with Gasteiger partial charge in [-0.15, -0.1) is 11.3 Å². The second kappa shape index (κ2) is 8.73. The van der Waals surface area contributed by atoms with Crippen molar-refractivity contribution in [1.82, 2.24) is 14.7 Å². The lowest BCUT2D eigenvalue weighted by molar-refractivity contribution is -0.140. The van der Waals surface area contributed by atoms with E-state index in [0.29, 0.717) is 10.1 Å². The minimum atomic E-state index is -4.16. The van der Waals surface area contributed by atoms with Gasteiger partial charge in [0.25, 0.3) is 15.9 Å². The van der Waals surface area contributed by atoms with Crippen LogP contribution >= 0.6 is 22.9 Å². The number of rotatable bonds is 9. The standard InChI is InChI=1S/C16H14N4O7S3/c21-12(22)2-1-10(16(24)25)19-14(23)13-9(4-6-28-13)20-30(26,27)15-8-7-18-29-11(8)3-5-17-15/h3-7,10,20H,1-2H2,(H,19,23)(H,21,22)(H,24,25)/t10-/m0/s1. The third kappa shape index (κ3) is 4.72. The maximum Gasteiger partial charge on any atom is 0.326 e. The summed E-state index contributed by atoms with van der Waals surface area (Å²) < 4.78 is 32.5. The molecule has 0 bridgehead atoms. The van der Waals surface area contributed by atoms with Gasteiger partial charge in [-0.2, -0.15) is 12.8 Å². The van der Waals surface area contributed by atoms with Crippen LogP contribution in [0.25, 0.3) is 10.1 Å². The van der Waals surface area contributed by atoms with Crippen molar-refractivity contribution in [2.24, 2.45) is 0 Å². The molecule has 30 heavy (non-hydrogen) atoms. The number of hydrogen-bond acceptors (Lipinski definition) is 9. The van der Waals surface area contributed by atoms with Crippen molar-refractivity contribution in [3.63, 3.8) is 0 Å². The second-order valence-corrected chi connectivity index (χ2v) is 9.27. The van der Waals surface area contributed by atoms with Gasteiger partial charge in [-0.3, -0.25) is 14.3 Å². The smallest absolute Gasteiger partial charge is 0.326 e. The molecule has 0 saturated carbocycles. The Morgan fingerprint density at radius 1 is 1.20 bits per heavy atom. The van der Waals surface area contributed by atoms with Gasteiger partial charge in [0.05, 0.1) is 22.0 Å². The fraction of sp³-hybridized carbons (Fsp3) is 0.188. The van der Waals surface area contributed by atoms with Gasteiger partial charge in [0.15, 0.2) is 5.03 Å². The molecule has 0 aliphatic carbocycles. The molecular weight excluding hydrogens is 456 g/mol. The van der Waals surface area contributed by atoms with Gasteiger partial charge < -0.3 is 15.5 Å². The summed E-state index contributed by atoms with van der Waals surface area (Å²) in [6, 6.07) is 1.54. The van der Waals surface area contributed by atoms with E-state index in [1.165, 1.54) is 23.8 Å². The van der Waals surface area contributed by atoms with E-state index < -0.39 is 40.3 Å². The largest absolute Gasteiger partial charge is 0.481 e. The lowest BCUT2D eigenvalue weighted by Gasteiger charge is -2.14. The highest BCUT2D eigenvalue weighted by atomic mass is 32.2. The number of carboxylic acid groups (broad SMARTS) is 2. The highest BCUT2D eigenvalue weighted by Crippen LogP contribution is 2.28. The molecule has 3 heterocycles. The summed E-state index contributed by atoms with van der Waals surface area (Å²) in [7, 11) is -4.16. The van der Waals surface area contributed by atoms with Crippen LogP contribution in [-0.2, 0) is 19.6 Å². The van der Waals surface area contributed by atoms with Crippen molar-refractivity contribution < 1.29 is 33.0 Å². The highest BCUT2D eigenvalue weighted by molar-refractivity contribution is 7.92. The molecule has 0 radical (unpaired) electrons. The number of anilines is 1. The molecule has 0 aliphatic heterocycles. The fourth-order valence-corrected chi connectivity index (χ4v) is 5.22. The highest BCUT2D eigenvalue weighted by Gasteiger charge is 2.26. The van der Waals surface area contributed by atoms with Gasteiger partial charge in [-0.05, 0) is 35.5 Å². The molecule has 3 rings (SSSR count). The summed E-state index contributed by atoms with van der Waals surface area (Å²) in [6.45, 7) is 0. The summed E-state index contributed by atoms with van der Waals surface area (Å²) >= 11 is 2.01. The number of nitrogens with zero attached hydrogens (tertiary/aromatic N) is 2. The first-order chi connectivity index (χ1) is 14.2. The molecule has 14 heteroatoms. The number of hydrogen-bond donors (Lipinski definition) is 4. The van der Waals surface area contributed by atoms with E-state index in [-0.39, 0.29) is 22.0 Å². The normalized spacial score (nSPS) is 12.4. The van der Waals surface area contributed by atoms with Gasteiger partial charge in [0, 0.05) is 12.6 Å². The zero-order valence-electron chi connectivity index (χ0n) is 14.9.